The summed E-state index contributed by atoms with van der Waals surface area (Å²) in [5.74, 6) is 1.82. The van der Waals surface area contributed by atoms with Crippen LogP contribution in [0.3, 0.4) is 0 Å². The standard InChI is InChI=1S/C24H16O/c1-2-6-17(7-3-1)18-12-14-19(15-13-18)23-16-21-10-4-8-20-9-5-11-22(25-23)24(20)21/h1-16H. The largest absolute Gasteiger partial charge is 0.456 e. The molecule has 0 spiro atoms. The maximum absolute atomic E-state index is 6.20. The first-order valence-corrected chi connectivity index (χ1v) is 8.46. The molecule has 25 heavy (non-hydrogen) atoms. The van der Waals surface area contributed by atoms with Gasteiger partial charge in [-0.15, -0.1) is 0 Å². The van der Waals surface area contributed by atoms with Crippen LogP contribution < -0.4 is 4.74 Å². The molecule has 4 aromatic carbocycles. The van der Waals surface area contributed by atoms with Gasteiger partial charge in [0, 0.05) is 10.9 Å². The van der Waals surface area contributed by atoms with Crippen molar-refractivity contribution in [1.29, 1.82) is 0 Å². The molecule has 5 rings (SSSR count). The Bertz CT molecular complexity index is 1080. The molecule has 0 atom stereocenters. The summed E-state index contributed by atoms with van der Waals surface area (Å²) in [6, 6.07) is 31.5. The quantitative estimate of drug-likeness (QED) is 0.415. The third kappa shape index (κ3) is 2.41. The van der Waals surface area contributed by atoms with Crippen molar-refractivity contribution in [2.45, 2.75) is 0 Å². The lowest BCUT2D eigenvalue weighted by atomic mass is 9.98. The Hall–Kier alpha value is -3.32. The van der Waals surface area contributed by atoms with Crippen molar-refractivity contribution in [3.8, 4) is 16.9 Å². The van der Waals surface area contributed by atoms with Crippen LogP contribution >= 0.6 is 0 Å². The second kappa shape index (κ2) is 5.64. The van der Waals surface area contributed by atoms with Crippen molar-refractivity contribution >= 4 is 22.6 Å². The van der Waals surface area contributed by atoms with E-state index < -0.39 is 0 Å². The topological polar surface area (TPSA) is 9.23 Å². The molecule has 0 aromatic heterocycles. The van der Waals surface area contributed by atoms with Crippen molar-refractivity contribution in [2.75, 3.05) is 0 Å². The molecule has 0 unspecified atom stereocenters. The smallest absolute Gasteiger partial charge is 0.135 e. The molecular formula is C24H16O. The van der Waals surface area contributed by atoms with Crippen molar-refractivity contribution in [3.63, 3.8) is 0 Å². The van der Waals surface area contributed by atoms with Crippen LogP contribution in [0.15, 0.2) is 91.0 Å². The molecule has 0 aliphatic carbocycles. The van der Waals surface area contributed by atoms with E-state index in [0.717, 1.165) is 17.1 Å². The lowest BCUT2D eigenvalue weighted by Gasteiger charge is -2.19. The van der Waals surface area contributed by atoms with E-state index in [0.29, 0.717) is 0 Å². The fraction of sp³-hybridized carbons (Fsp3) is 0. The molecule has 0 radical (unpaired) electrons. The van der Waals surface area contributed by atoms with Crippen LogP contribution in [0, 0.1) is 0 Å². The van der Waals surface area contributed by atoms with Crippen LogP contribution in [-0.2, 0) is 0 Å². The Kier molecular flexibility index (Phi) is 3.17. The highest BCUT2D eigenvalue weighted by atomic mass is 16.5. The van der Waals surface area contributed by atoms with Gasteiger partial charge in [-0.25, -0.2) is 0 Å². The molecule has 1 heteroatoms. The van der Waals surface area contributed by atoms with E-state index in [1.807, 2.05) is 18.2 Å². The van der Waals surface area contributed by atoms with Crippen molar-refractivity contribution in [2.24, 2.45) is 0 Å². The second-order valence-electron chi connectivity index (χ2n) is 6.26. The fourth-order valence-electron chi connectivity index (χ4n) is 3.43. The fourth-order valence-corrected chi connectivity index (χ4v) is 3.43. The summed E-state index contributed by atoms with van der Waals surface area (Å²) in [6.07, 6.45) is 2.13. The molecule has 0 amide bonds. The first-order valence-electron chi connectivity index (χ1n) is 8.46. The molecule has 1 aliphatic rings. The van der Waals surface area contributed by atoms with E-state index in [1.54, 1.807) is 0 Å². The minimum Gasteiger partial charge on any atom is -0.456 e. The van der Waals surface area contributed by atoms with Crippen LogP contribution in [0.1, 0.15) is 11.1 Å². The van der Waals surface area contributed by atoms with Crippen molar-refractivity contribution in [3.05, 3.63) is 102 Å². The van der Waals surface area contributed by atoms with Crippen LogP contribution in [-0.4, -0.2) is 0 Å². The monoisotopic (exact) mass is 320 g/mol. The highest BCUT2D eigenvalue weighted by molar-refractivity contribution is 6.01. The van der Waals surface area contributed by atoms with E-state index >= 15 is 0 Å². The van der Waals surface area contributed by atoms with Gasteiger partial charge in [0.15, 0.2) is 0 Å². The SMILES string of the molecule is C1=C(c2ccc(-c3ccccc3)cc2)Oc2cccc3cccc1c23. The van der Waals surface area contributed by atoms with Crippen LogP contribution in [0.25, 0.3) is 33.7 Å². The number of hydrogen-bond donors (Lipinski definition) is 0. The summed E-state index contributed by atoms with van der Waals surface area (Å²) in [6.45, 7) is 0. The molecule has 4 aromatic rings. The lowest BCUT2D eigenvalue weighted by Crippen LogP contribution is -2.00. The summed E-state index contributed by atoms with van der Waals surface area (Å²) >= 11 is 0. The summed E-state index contributed by atoms with van der Waals surface area (Å²) in [5.41, 5.74) is 4.73. The van der Waals surface area contributed by atoms with Crippen LogP contribution in [0.2, 0.25) is 0 Å². The van der Waals surface area contributed by atoms with E-state index in [1.165, 1.54) is 27.5 Å². The number of benzene rings is 4. The molecule has 118 valence electrons. The molecule has 1 aliphatic heterocycles. The molecule has 0 saturated carbocycles. The Morgan fingerprint density at radius 1 is 0.520 bits per heavy atom. The van der Waals surface area contributed by atoms with Gasteiger partial charge >= 0.3 is 0 Å². The Morgan fingerprint density at radius 2 is 1.20 bits per heavy atom. The van der Waals surface area contributed by atoms with Crippen molar-refractivity contribution in [1.82, 2.24) is 0 Å². The molecule has 0 bridgehead atoms. The van der Waals surface area contributed by atoms with Gasteiger partial charge in [-0.2, -0.15) is 0 Å². The third-order valence-electron chi connectivity index (χ3n) is 4.68. The molecule has 0 saturated heterocycles. The predicted octanol–water partition coefficient (Wildman–Crippen LogP) is 6.40. The van der Waals surface area contributed by atoms with Gasteiger partial charge < -0.3 is 4.74 Å². The van der Waals surface area contributed by atoms with Gasteiger partial charge in [0.25, 0.3) is 0 Å². The van der Waals surface area contributed by atoms with E-state index in [4.69, 9.17) is 4.74 Å². The summed E-state index contributed by atoms with van der Waals surface area (Å²) < 4.78 is 6.20. The van der Waals surface area contributed by atoms with Gasteiger partial charge in [-0.1, -0.05) is 84.9 Å². The van der Waals surface area contributed by atoms with Gasteiger partial charge in [-0.05, 0) is 34.2 Å². The Morgan fingerprint density at radius 3 is 2.00 bits per heavy atom. The van der Waals surface area contributed by atoms with Gasteiger partial charge in [0.1, 0.15) is 11.5 Å². The zero-order chi connectivity index (χ0) is 16.6. The molecule has 1 heterocycles. The first-order chi connectivity index (χ1) is 12.4. The lowest BCUT2D eigenvalue weighted by molar-refractivity contribution is 0.521. The van der Waals surface area contributed by atoms with E-state index in [9.17, 15) is 0 Å². The minimum absolute atomic E-state index is 0.894. The molecule has 1 nitrogen and oxygen atoms in total. The summed E-state index contributed by atoms with van der Waals surface area (Å²) in [7, 11) is 0. The molecular weight excluding hydrogens is 304 g/mol. The predicted molar refractivity (Wildman–Crippen MR) is 104 cm³/mol. The van der Waals surface area contributed by atoms with E-state index in [-0.39, 0.29) is 0 Å². The highest BCUT2D eigenvalue weighted by Crippen LogP contribution is 2.38. The van der Waals surface area contributed by atoms with Crippen LogP contribution in [0.5, 0.6) is 5.75 Å². The Balaban J connectivity index is 1.56. The number of rotatable bonds is 2. The Labute approximate surface area is 146 Å². The third-order valence-corrected chi connectivity index (χ3v) is 4.68. The summed E-state index contributed by atoms with van der Waals surface area (Å²) in [4.78, 5) is 0. The number of ether oxygens (including phenoxy) is 1. The summed E-state index contributed by atoms with van der Waals surface area (Å²) in [5, 5.41) is 2.40. The average molecular weight is 320 g/mol. The molecule has 0 fully saturated rings. The van der Waals surface area contributed by atoms with Crippen LogP contribution in [0.4, 0.5) is 0 Å². The minimum atomic E-state index is 0.894. The maximum Gasteiger partial charge on any atom is 0.135 e. The normalized spacial score (nSPS) is 12.6. The van der Waals surface area contributed by atoms with E-state index in [2.05, 4.69) is 78.9 Å². The van der Waals surface area contributed by atoms with Gasteiger partial charge in [-0.3, -0.25) is 0 Å². The average Bonchev–Trinajstić information content (AvgIpc) is 2.69. The second-order valence-corrected chi connectivity index (χ2v) is 6.26. The zero-order valence-electron chi connectivity index (χ0n) is 13.6. The van der Waals surface area contributed by atoms with Gasteiger partial charge in [0.05, 0.1) is 0 Å². The zero-order valence-corrected chi connectivity index (χ0v) is 13.6. The highest BCUT2D eigenvalue weighted by Gasteiger charge is 2.15. The van der Waals surface area contributed by atoms with Crippen molar-refractivity contribution < 1.29 is 4.74 Å². The molecule has 0 N–H and O–H groups in total. The first kappa shape index (κ1) is 14.1. The number of hydrogen-bond acceptors (Lipinski definition) is 1. The van der Waals surface area contributed by atoms with Gasteiger partial charge in [0.2, 0.25) is 0 Å². The maximum atomic E-state index is 6.20.